The number of pyridine rings is 1. The molecule has 24 heavy (non-hydrogen) atoms. The van der Waals surface area contributed by atoms with Crippen LogP contribution in [-0.2, 0) is 0 Å². The molecule has 0 saturated carbocycles. The molecule has 0 aliphatic carbocycles. The van der Waals surface area contributed by atoms with Crippen LogP contribution in [0.2, 0.25) is 5.02 Å². The maximum Gasteiger partial charge on any atom is 0.316 e. The molecular formula is C15H15ClN4O4. The molecule has 3 rings (SSSR count). The Bertz CT molecular complexity index is 793. The highest BCUT2D eigenvalue weighted by Gasteiger charge is 2.26. The molecule has 2 aromatic rings. The van der Waals surface area contributed by atoms with E-state index in [1.807, 2.05) is 0 Å². The average Bonchev–Trinajstić information content (AvgIpc) is 2.56. The molecule has 0 spiro atoms. The lowest BCUT2D eigenvalue weighted by Crippen LogP contribution is -2.44. The van der Waals surface area contributed by atoms with Crippen LogP contribution in [0.4, 0.5) is 0 Å². The molecule has 8 nitrogen and oxygen atoms in total. The molecule has 1 atom stereocenters. The van der Waals surface area contributed by atoms with E-state index in [-0.39, 0.29) is 29.5 Å². The quantitative estimate of drug-likeness (QED) is 0.861. The highest BCUT2D eigenvalue weighted by molar-refractivity contribution is 6.30. The van der Waals surface area contributed by atoms with Crippen molar-refractivity contribution < 1.29 is 14.6 Å². The van der Waals surface area contributed by atoms with E-state index in [2.05, 4.69) is 15.0 Å². The molecule has 1 amide bonds. The largest absolute Gasteiger partial charge is 0.494 e. The minimum Gasteiger partial charge on any atom is -0.494 e. The molecule has 1 aliphatic heterocycles. The van der Waals surface area contributed by atoms with Gasteiger partial charge in [-0.3, -0.25) is 14.6 Å². The highest BCUT2D eigenvalue weighted by Crippen LogP contribution is 2.18. The number of H-pyrrole nitrogens is 1. The topological polar surface area (TPSA) is 108 Å². The van der Waals surface area contributed by atoms with Crippen LogP contribution in [-0.4, -0.2) is 50.1 Å². The number of rotatable bonds is 3. The summed E-state index contributed by atoms with van der Waals surface area (Å²) in [5.74, 6) is -0.674. The van der Waals surface area contributed by atoms with E-state index >= 15 is 0 Å². The van der Waals surface area contributed by atoms with Gasteiger partial charge in [0.2, 0.25) is 0 Å². The molecular weight excluding hydrogens is 336 g/mol. The normalized spacial score (nSPS) is 17.5. The number of aromatic hydroxyl groups is 1. The number of amides is 1. The van der Waals surface area contributed by atoms with E-state index in [9.17, 15) is 14.7 Å². The second-order valence-electron chi connectivity index (χ2n) is 5.44. The van der Waals surface area contributed by atoms with Crippen molar-refractivity contribution in [3.05, 3.63) is 45.5 Å². The van der Waals surface area contributed by atoms with Crippen molar-refractivity contribution in [3.63, 3.8) is 0 Å². The number of halogens is 1. The van der Waals surface area contributed by atoms with Gasteiger partial charge in [-0.05, 0) is 12.8 Å². The fraction of sp³-hybridized carbons (Fsp3) is 0.333. The number of carbonyl (C=O) groups excluding carboxylic acids is 1. The first kappa shape index (κ1) is 16.3. The predicted molar refractivity (Wildman–Crippen MR) is 85.3 cm³/mol. The van der Waals surface area contributed by atoms with Crippen molar-refractivity contribution in [2.24, 2.45) is 0 Å². The molecule has 1 saturated heterocycles. The van der Waals surface area contributed by atoms with Gasteiger partial charge in [0.05, 0.1) is 29.5 Å². The summed E-state index contributed by atoms with van der Waals surface area (Å²) < 4.78 is 5.68. The van der Waals surface area contributed by atoms with Crippen LogP contribution in [0.3, 0.4) is 0 Å². The Labute approximate surface area is 142 Å². The zero-order valence-electron chi connectivity index (χ0n) is 12.6. The Morgan fingerprint density at radius 3 is 2.83 bits per heavy atom. The molecule has 2 aromatic heterocycles. The molecule has 1 aliphatic rings. The molecule has 0 radical (unpaired) electrons. The Hall–Kier alpha value is -2.61. The van der Waals surface area contributed by atoms with Gasteiger partial charge in [0.1, 0.15) is 6.10 Å². The number of piperidine rings is 1. The van der Waals surface area contributed by atoms with Crippen molar-refractivity contribution in [3.8, 4) is 11.9 Å². The second-order valence-corrected chi connectivity index (χ2v) is 5.87. The summed E-state index contributed by atoms with van der Waals surface area (Å²) in [6, 6.07) is 2.60. The first-order valence-corrected chi connectivity index (χ1v) is 7.76. The molecule has 1 unspecified atom stereocenters. The summed E-state index contributed by atoms with van der Waals surface area (Å²) in [5.41, 5.74) is -0.391. The number of nitrogens with zero attached hydrogens (tertiary/aromatic N) is 3. The molecule has 0 aromatic carbocycles. The van der Waals surface area contributed by atoms with Gasteiger partial charge in [0.15, 0.2) is 5.88 Å². The molecule has 0 bridgehead atoms. The van der Waals surface area contributed by atoms with E-state index in [4.69, 9.17) is 16.3 Å². The summed E-state index contributed by atoms with van der Waals surface area (Å²) in [7, 11) is 0. The number of hydrogen-bond donors (Lipinski definition) is 2. The van der Waals surface area contributed by atoms with E-state index in [1.54, 1.807) is 4.90 Å². The Morgan fingerprint density at radius 1 is 1.38 bits per heavy atom. The average molecular weight is 351 g/mol. The summed E-state index contributed by atoms with van der Waals surface area (Å²) in [5, 5.41) is 9.85. The maximum absolute atomic E-state index is 12.5. The lowest BCUT2D eigenvalue weighted by molar-refractivity contribution is 0.0515. The third-order valence-corrected chi connectivity index (χ3v) is 3.81. The molecule has 3 heterocycles. The smallest absolute Gasteiger partial charge is 0.316 e. The molecule has 1 fully saturated rings. The number of hydrogen-bond acceptors (Lipinski definition) is 6. The van der Waals surface area contributed by atoms with Crippen molar-refractivity contribution in [1.82, 2.24) is 19.9 Å². The van der Waals surface area contributed by atoms with Crippen LogP contribution in [0.5, 0.6) is 11.9 Å². The van der Waals surface area contributed by atoms with Crippen molar-refractivity contribution in [1.29, 1.82) is 0 Å². The van der Waals surface area contributed by atoms with Crippen LogP contribution in [0, 0.1) is 0 Å². The fourth-order valence-corrected chi connectivity index (χ4v) is 2.66. The van der Waals surface area contributed by atoms with E-state index in [0.717, 1.165) is 18.9 Å². The zero-order valence-corrected chi connectivity index (χ0v) is 13.4. The Morgan fingerprint density at radius 2 is 2.12 bits per heavy atom. The number of likely N-dealkylation sites (tertiary alicyclic amines) is 1. The zero-order chi connectivity index (χ0) is 17.1. The van der Waals surface area contributed by atoms with Crippen LogP contribution >= 0.6 is 11.6 Å². The van der Waals surface area contributed by atoms with Crippen LogP contribution in [0.1, 0.15) is 23.2 Å². The van der Waals surface area contributed by atoms with Gasteiger partial charge in [-0.15, -0.1) is 0 Å². The summed E-state index contributed by atoms with van der Waals surface area (Å²) >= 11 is 5.73. The van der Waals surface area contributed by atoms with Crippen LogP contribution in [0.15, 0.2) is 29.3 Å². The predicted octanol–water partition coefficient (Wildman–Crippen LogP) is 1.21. The summed E-state index contributed by atoms with van der Waals surface area (Å²) in [6.07, 6.45) is 4.14. The van der Waals surface area contributed by atoms with Crippen LogP contribution < -0.4 is 10.3 Å². The lowest BCUT2D eigenvalue weighted by Gasteiger charge is -2.32. The second kappa shape index (κ2) is 6.88. The van der Waals surface area contributed by atoms with Crippen molar-refractivity contribution in [2.75, 3.05) is 13.1 Å². The van der Waals surface area contributed by atoms with Gasteiger partial charge >= 0.3 is 6.01 Å². The van der Waals surface area contributed by atoms with Crippen LogP contribution in [0.25, 0.3) is 0 Å². The third-order valence-electron chi connectivity index (χ3n) is 3.61. The number of aromatic amines is 1. The Kier molecular flexibility index (Phi) is 4.66. The van der Waals surface area contributed by atoms with Gasteiger partial charge in [0, 0.05) is 18.7 Å². The van der Waals surface area contributed by atoms with Gasteiger partial charge in [0.25, 0.3) is 11.5 Å². The van der Waals surface area contributed by atoms with E-state index < -0.39 is 5.56 Å². The van der Waals surface area contributed by atoms with Gasteiger partial charge < -0.3 is 14.7 Å². The SMILES string of the molecule is O=C(c1cc(O)[nH]c(=O)c1)N1CCCC(Oc2ncc(Cl)cn2)C1. The fourth-order valence-electron chi connectivity index (χ4n) is 2.56. The Balaban J connectivity index is 1.69. The first-order valence-electron chi connectivity index (χ1n) is 7.38. The third kappa shape index (κ3) is 3.83. The lowest BCUT2D eigenvalue weighted by atomic mass is 10.1. The summed E-state index contributed by atoms with van der Waals surface area (Å²) in [6.45, 7) is 0.895. The van der Waals surface area contributed by atoms with Gasteiger partial charge in [-0.25, -0.2) is 9.97 Å². The molecule has 9 heteroatoms. The number of aromatic nitrogens is 3. The minimum absolute atomic E-state index is 0.139. The monoisotopic (exact) mass is 350 g/mol. The summed E-state index contributed by atoms with van der Waals surface area (Å²) in [4.78, 5) is 35.6. The first-order chi connectivity index (χ1) is 11.5. The number of carbonyl (C=O) groups is 1. The van der Waals surface area contributed by atoms with Gasteiger partial charge in [-0.2, -0.15) is 0 Å². The van der Waals surface area contributed by atoms with Crippen molar-refractivity contribution >= 4 is 17.5 Å². The minimum atomic E-state index is -0.530. The van der Waals surface area contributed by atoms with Crippen molar-refractivity contribution in [2.45, 2.75) is 18.9 Å². The maximum atomic E-state index is 12.5. The van der Waals surface area contributed by atoms with E-state index in [1.165, 1.54) is 18.5 Å². The molecule has 2 N–H and O–H groups in total. The number of nitrogens with one attached hydrogen (secondary N) is 1. The number of ether oxygens (including phenoxy) is 1. The molecule has 126 valence electrons. The standard InChI is InChI=1S/C15H15ClN4O4/c16-10-6-17-15(18-7-10)24-11-2-1-3-20(8-11)14(23)9-4-12(21)19-13(22)5-9/h4-7,11H,1-3,8H2,(H2,19,21,22). The van der Waals surface area contributed by atoms with E-state index in [0.29, 0.717) is 18.1 Å². The highest BCUT2D eigenvalue weighted by atomic mass is 35.5. The van der Waals surface area contributed by atoms with Gasteiger partial charge in [-0.1, -0.05) is 11.6 Å².